The first-order chi connectivity index (χ1) is 11.5. The first-order valence-corrected chi connectivity index (χ1v) is 7.06. The molecule has 9 heteroatoms. The summed E-state index contributed by atoms with van der Waals surface area (Å²) in [5, 5.41) is 16.3. The van der Waals surface area contributed by atoms with Crippen LogP contribution in [0.4, 0.5) is 8.78 Å². The molecule has 0 unspecified atom stereocenters. The highest BCUT2D eigenvalue weighted by atomic mass is 19.3. The van der Waals surface area contributed by atoms with E-state index in [1.165, 1.54) is 23.3 Å². The lowest BCUT2D eigenvalue weighted by molar-refractivity contribution is -0.0499. The van der Waals surface area contributed by atoms with Gasteiger partial charge in [0, 0.05) is 11.3 Å². The maximum absolute atomic E-state index is 12.4. The van der Waals surface area contributed by atoms with Gasteiger partial charge in [-0.3, -0.25) is 0 Å². The van der Waals surface area contributed by atoms with Gasteiger partial charge < -0.3 is 4.74 Å². The standard InChI is InChI=1S/C15H14F2N6O/c1-10-7-11(2)23(21-10)15-20-18-9-22(15)19-8-12-5-3-4-6-13(12)24-14(16)17/h3-9,14H,1-2H3/b19-8-. The molecule has 2 heterocycles. The van der Waals surface area contributed by atoms with Gasteiger partial charge in [0.05, 0.1) is 11.9 Å². The molecule has 24 heavy (non-hydrogen) atoms. The largest absolute Gasteiger partial charge is 0.434 e. The highest BCUT2D eigenvalue weighted by Crippen LogP contribution is 2.18. The number of alkyl halides is 2. The van der Waals surface area contributed by atoms with Crippen LogP contribution in [-0.4, -0.2) is 37.5 Å². The average Bonchev–Trinajstić information content (AvgIpc) is 3.11. The van der Waals surface area contributed by atoms with Crippen LogP contribution in [0.2, 0.25) is 0 Å². The van der Waals surface area contributed by atoms with Crippen LogP contribution in [0.3, 0.4) is 0 Å². The van der Waals surface area contributed by atoms with Gasteiger partial charge in [-0.1, -0.05) is 12.1 Å². The second kappa shape index (κ2) is 6.57. The van der Waals surface area contributed by atoms with Crippen LogP contribution < -0.4 is 4.74 Å². The molecule has 0 radical (unpaired) electrons. The Morgan fingerprint density at radius 2 is 2.04 bits per heavy atom. The molecule has 0 N–H and O–H groups in total. The van der Waals surface area contributed by atoms with E-state index in [0.717, 1.165) is 11.4 Å². The van der Waals surface area contributed by atoms with Gasteiger partial charge in [-0.15, -0.1) is 10.2 Å². The Morgan fingerprint density at radius 3 is 2.75 bits per heavy atom. The molecule has 0 atom stereocenters. The van der Waals surface area contributed by atoms with Gasteiger partial charge in [0.25, 0.3) is 5.95 Å². The predicted molar refractivity (Wildman–Crippen MR) is 82.7 cm³/mol. The van der Waals surface area contributed by atoms with E-state index in [0.29, 0.717) is 11.5 Å². The Kier molecular flexibility index (Phi) is 4.32. The number of nitrogens with zero attached hydrogens (tertiary/aromatic N) is 6. The number of para-hydroxylation sites is 1. The molecule has 0 bridgehead atoms. The average molecular weight is 332 g/mol. The number of aromatic nitrogens is 5. The smallest absolute Gasteiger partial charge is 0.387 e. The second-order valence-electron chi connectivity index (χ2n) is 4.98. The molecule has 0 saturated heterocycles. The van der Waals surface area contributed by atoms with Gasteiger partial charge in [0.2, 0.25) is 0 Å². The second-order valence-corrected chi connectivity index (χ2v) is 4.98. The van der Waals surface area contributed by atoms with Gasteiger partial charge in [-0.25, -0.2) is 4.68 Å². The van der Waals surface area contributed by atoms with Crippen LogP contribution in [0.5, 0.6) is 5.75 Å². The number of ether oxygens (including phenoxy) is 1. The van der Waals surface area contributed by atoms with E-state index in [9.17, 15) is 8.78 Å². The topological polar surface area (TPSA) is 70.1 Å². The number of aryl methyl sites for hydroxylation is 2. The Morgan fingerprint density at radius 1 is 1.25 bits per heavy atom. The molecule has 0 saturated carbocycles. The third-order valence-electron chi connectivity index (χ3n) is 3.17. The van der Waals surface area contributed by atoms with Gasteiger partial charge in [-0.2, -0.15) is 23.7 Å². The van der Waals surface area contributed by atoms with Crippen molar-refractivity contribution < 1.29 is 13.5 Å². The summed E-state index contributed by atoms with van der Waals surface area (Å²) in [6, 6.07) is 8.27. The first-order valence-electron chi connectivity index (χ1n) is 7.06. The van der Waals surface area contributed by atoms with Crippen molar-refractivity contribution in [2.75, 3.05) is 0 Å². The minimum atomic E-state index is -2.90. The van der Waals surface area contributed by atoms with Crippen LogP contribution in [0.15, 0.2) is 41.8 Å². The molecule has 1 aromatic carbocycles. The Balaban J connectivity index is 1.92. The van der Waals surface area contributed by atoms with Gasteiger partial charge in [-0.05, 0) is 32.0 Å². The Hall–Kier alpha value is -3.10. The SMILES string of the molecule is Cc1cc(C)n(-c2nncn2/N=C\c2ccccc2OC(F)F)n1. The molecular formula is C15H14F2N6O. The molecule has 0 aliphatic carbocycles. The number of rotatable bonds is 5. The molecule has 3 aromatic rings. The summed E-state index contributed by atoms with van der Waals surface area (Å²) >= 11 is 0. The fourth-order valence-electron chi connectivity index (χ4n) is 2.19. The van der Waals surface area contributed by atoms with Crippen LogP contribution in [-0.2, 0) is 0 Å². The molecule has 7 nitrogen and oxygen atoms in total. The van der Waals surface area contributed by atoms with Crippen molar-refractivity contribution >= 4 is 6.21 Å². The number of benzene rings is 1. The van der Waals surface area contributed by atoms with Gasteiger partial charge in [0.15, 0.2) is 0 Å². The Labute approximate surface area is 136 Å². The molecule has 3 rings (SSSR count). The third-order valence-corrected chi connectivity index (χ3v) is 3.17. The summed E-state index contributed by atoms with van der Waals surface area (Å²) in [7, 11) is 0. The van der Waals surface area contributed by atoms with E-state index in [1.54, 1.807) is 22.9 Å². The molecule has 2 aromatic heterocycles. The summed E-state index contributed by atoms with van der Waals surface area (Å²) in [5.41, 5.74) is 2.12. The van der Waals surface area contributed by atoms with E-state index in [-0.39, 0.29) is 5.75 Å². The molecule has 124 valence electrons. The van der Waals surface area contributed by atoms with Gasteiger partial charge in [0.1, 0.15) is 12.1 Å². The van der Waals surface area contributed by atoms with Crippen molar-refractivity contribution in [3.8, 4) is 11.7 Å². The zero-order valence-electron chi connectivity index (χ0n) is 13.0. The third kappa shape index (κ3) is 3.29. The fraction of sp³-hybridized carbons (Fsp3) is 0.200. The quantitative estimate of drug-likeness (QED) is 0.673. The van der Waals surface area contributed by atoms with Gasteiger partial charge >= 0.3 is 6.61 Å². The predicted octanol–water partition coefficient (Wildman–Crippen LogP) is 2.56. The monoisotopic (exact) mass is 332 g/mol. The summed E-state index contributed by atoms with van der Waals surface area (Å²) < 4.78 is 32.4. The van der Waals surface area contributed by atoms with E-state index in [4.69, 9.17) is 0 Å². The molecule has 0 spiro atoms. The lowest BCUT2D eigenvalue weighted by atomic mass is 10.2. The van der Waals surface area contributed by atoms with Crippen LogP contribution in [0.1, 0.15) is 17.0 Å². The molecule has 0 amide bonds. The lowest BCUT2D eigenvalue weighted by Gasteiger charge is -2.07. The zero-order chi connectivity index (χ0) is 17.1. The summed E-state index contributed by atoms with van der Waals surface area (Å²) in [4.78, 5) is 0. The lowest BCUT2D eigenvalue weighted by Crippen LogP contribution is -2.07. The zero-order valence-corrected chi connectivity index (χ0v) is 13.0. The minimum absolute atomic E-state index is 0.0389. The highest BCUT2D eigenvalue weighted by Gasteiger charge is 2.11. The number of hydrogen-bond acceptors (Lipinski definition) is 5. The normalized spacial score (nSPS) is 11.5. The Bertz CT molecular complexity index is 870. The maximum atomic E-state index is 12.4. The van der Waals surface area contributed by atoms with Crippen molar-refractivity contribution in [2.24, 2.45) is 5.10 Å². The van der Waals surface area contributed by atoms with E-state index >= 15 is 0 Å². The first kappa shape index (κ1) is 15.8. The van der Waals surface area contributed by atoms with Crippen molar-refractivity contribution in [3.63, 3.8) is 0 Å². The van der Waals surface area contributed by atoms with Crippen molar-refractivity contribution in [1.82, 2.24) is 24.7 Å². The van der Waals surface area contributed by atoms with Crippen molar-refractivity contribution in [2.45, 2.75) is 20.5 Å². The maximum Gasteiger partial charge on any atom is 0.387 e. The molecular weight excluding hydrogens is 318 g/mol. The summed E-state index contributed by atoms with van der Waals surface area (Å²) in [6.45, 7) is 0.847. The van der Waals surface area contributed by atoms with Crippen LogP contribution >= 0.6 is 0 Å². The number of halogens is 2. The minimum Gasteiger partial charge on any atom is -0.434 e. The summed E-state index contributed by atoms with van der Waals surface area (Å²) in [6.07, 6.45) is 2.80. The van der Waals surface area contributed by atoms with Crippen LogP contribution in [0, 0.1) is 13.8 Å². The fourth-order valence-corrected chi connectivity index (χ4v) is 2.19. The van der Waals surface area contributed by atoms with E-state index in [1.807, 2.05) is 19.9 Å². The molecule has 0 fully saturated rings. The number of hydrogen-bond donors (Lipinski definition) is 0. The molecule has 0 aliphatic rings. The van der Waals surface area contributed by atoms with E-state index < -0.39 is 6.61 Å². The highest BCUT2D eigenvalue weighted by molar-refractivity contribution is 5.83. The van der Waals surface area contributed by atoms with E-state index in [2.05, 4.69) is 25.1 Å². The van der Waals surface area contributed by atoms with Crippen molar-refractivity contribution in [3.05, 3.63) is 53.6 Å². The van der Waals surface area contributed by atoms with Crippen LogP contribution in [0.25, 0.3) is 5.95 Å². The molecule has 0 aliphatic heterocycles. The van der Waals surface area contributed by atoms with Crippen molar-refractivity contribution in [1.29, 1.82) is 0 Å². The summed E-state index contributed by atoms with van der Waals surface area (Å²) in [5.74, 6) is 0.432.